The van der Waals surface area contributed by atoms with Crippen molar-refractivity contribution in [2.75, 3.05) is 5.32 Å². The Kier molecular flexibility index (Phi) is 5.67. The number of aryl methyl sites for hydroxylation is 2. The fourth-order valence-corrected chi connectivity index (χ4v) is 2.44. The van der Waals surface area contributed by atoms with Gasteiger partial charge in [0.15, 0.2) is 0 Å². The number of benzene rings is 2. The van der Waals surface area contributed by atoms with E-state index in [1.54, 1.807) is 0 Å². The lowest BCUT2D eigenvalue weighted by molar-refractivity contribution is 0.795. The molecule has 1 heteroatoms. The lowest BCUT2D eigenvalue weighted by Crippen LogP contribution is -2.02. The highest BCUT2D eigenvalue weighted by molar-refractivity contribution is 5.45. The minimum atomic E-state index is 0.901. The highest BCUT2D eigenvalue weighted by Crippen LogP contribution is 2.15. The Hall–Kier alpha value is -1.76. The van der Waals surface area contributed by atoms with Crippen molar-refractivity contribution in [3.05, 3.63) is 65.2 Å². The average Bonchev–Trinajstić information content (AvgIpc) is 2.52. The molecule has 0 saturated carbocycles. The molecule has 20 heavy (non-hydrogen) atoms. The maximum absolute atomic E-state index is 3.52. The minimum absolute atomic E-state index is 0.901. The van der Waals surface area contributed by atoms with E-state index >= 15 is 0 Å². The topological polar surface area (TPSA) is 12.0 Å². The quantitative estimate of drug-likeness (QED) is 0.726. The summed E-state index contributed by atoms with van der Waals surface area (Å²) in [5, 5.41) is 3.52. The minimum Gasteiger partial charge on any atom is -0.381 e. The van der Waals surface area contributed by atoms with Crippen molar-refractivity contribution >= 4 is 5.69 Å². The molecule has 0 unspecified atom stereocenters. The number of hydrogen-bond acceptors (Lipinski definition) is 1. The van der Waals surface area contributed by atoms with Crippen molar-refractivity contribution in [1.82, 2.24) is 0 Å². The van der Waals surface area contributed by atoms with Crippen LogP contribution in [0.3, 0.4) is 0 Å². The Balaban J connectivity index is 1.93. The Bertz CT molecular complexity index is 514. The van der Waals surface area contributed by atoms with Crippen LogP contribution in [0.2, 0.25) is 0 Å². The van der Waals surface area contributed by atoms with E-state index in [0.29, 0.717) is 0 Å². The van der Waals surface area contributed by atoms with E-state index in [2.05, 4.69) is 67.7 Å². The van der Waals surface area contributed by atoms with Gasteiger partial charge in [0, 0.05) is 12.2 Å². The van der Waals surface area contributed by atoms with Gasteiger partial charge in [-0.3, -0.25) is 0 Å². The van der Waals surface area contributed by atoms with Crippen molar-refractivity contribution in [1.29, 1.82) is 0 Å². The Morgan fingerprint density at radius 1 is 0.850 bits per heavy atom. The molecule has 0 aliphatic heterocycles. The first kappa shape index (κ1) is 14.6. The molecule has 0 spiro atoms. The van der Waals surface area contributed by atoms with Gasteiger partial charge in [-0.15, -0.1) is 0 Å². The van der Waals surface area contributed by atoms with Crippen LogP contribution < -0.4 is 5.32 Å². The van der Waals surface area contributed by atoms with Gasteiger partial charge in [0.25, 0.3) is 0 Å². The summed E-state index contributed by atoms with van der Waals surface area (Å²) in [6.07, 6.45) is 4.81. The summed E-state index contributed by atoms with van der Waals surface area (Å²) < 4.78 is 0. The summed E-state index contributed by atoms with van der Waals surface area (Å²) in [6, 6.07) is 17.5. The summed E-state index contributed by atoms with van der Waals surface area (Å²) in [5.41, 5.74) is 5.46. The number of unbranched alkanes of at least 4 members (excludes halogenated alkanes) is 1. The molecule has 106 valence electrons. The van der Waals surface area contributed by atoms with Crippen molar-refractivity contribution < 1.29 is 0 Å². The standard InChI is InChI=1S/C19H25N/c1-3-5-8-16-11-13-19(14-12-16)20-15-18-10-7-6-9-17(18)4-2/h6-7,9-14,20H,3-5,8,15H2,1-2H3. The molecular formula is C19H25N. The second kappa shape index (κ2) is 7.74. The number of nitrogens with one attached hydrogen (secondary N) is 1. The summed E-state index contributed by atoms with van der Waals surface area (Å²) in [6.45, 7) is 5.35. The van der Waals surface area contributed by atoms with Crippen LogP contribution in [0.15, 0.2) is 48.5 Å². The molecule has 0 amide bonds. The van der Waals surface area contributed by atoms with E-state index < -0.39 is 0 Å². The van der Waals surface area contributed by atoms with E-state index in [9.17, 15) is 0 Å². The van der Waals surface area contributed by atoms with Crippen LogP contribution >= 0.6 is 0 Å². The predicted molar refractivity (Wildman–Crippen MR) is 88.2 cm³/mol. The number of anilines is 1. The monoisotopic (exact) mass is 267 g/mol. The first-order valence-corrected chi connectivity index (χ1v) is 7.73. The lowest BCUT2D eigenvalue weighted by atomic mass is 10.1. The zero-order valence-corrected chi connectivity index (χ0v) is 12.7. The molecule has 1 nitrogen and oxygen atoms in total. The van der Waals surface area contributed by atoms with Crippen LogP contribution in [0.25, 0.3) is 0 Å². The van der Waals surface area contributed by atoms with E-state index in [4.69, 9.17) is 0 Å². The molecule has 0 saturated heterocycles. The highest BCUT2D eigenvalue weighted by atomic mass is 14.9. The van der Waals surface area contributed by atoms with Crippen LogP contribution in [-0.4, -0.2) is 0 Å². The molecule has 0 atom stereocenters. The summed E-state index contributed by atoms with van der Waals surface area (Å²) >= 11 is 0. The fraction of sp³-hybridized carbons (Fsp3) is 0.368. The fourth-order valence-electron chi connectivity index (χ4n) is 2.44. The average molecular weight is 267 g/mol. The van der Waals surface area contributed by atoms with E-state index in [1.807, 2.05) is 0 Å². The van der Waals surface area contributed by atoms with E-state index in [-0.39, 0.29) is 0 Å². The molecule has 2 aromatic carbocycles. The summed E-state index contributed by atoms with van der Waals surface area (Å²) in [4.78, 5) is 0. The smallest absolute Gasteiger partial charge is 0.0403 e. The van der Waals surface area contributed by atoms with Gasteiger partial charge in [0.2, 0.25) is 0 Å². The summed E-state index contributed by atoms with van der Waals surface area (Å²) in [7, 11) is 0. The molecule has 0 aliphatic carbocycles. The largest absolute Gasteiger partial charge is 0.381 e. The molecule has 1 N–H and O–H groups in total. The molecule has 0 fully saturated rings. The van der Waals surface area contributed by atoms with Crippen LogP contribution in [0.5, 0.6) is 0 Å². The van der Waals surface area contributed by atoms with Gasteiger partial charge >= 0.3 is 0 Å². The zero-order valence-electron chi connectivity index (χ0n) is 12.7. The molecule has 0 radical (unpaired) electrons. The molecule has 0 aromatic heterocycles. The van der Waals surface area contributed by atoms with Crippen LogP contribution in [0, 0.1) is 0 Å². The molecular weight excluding hydrogens is 242 g/mol. The second-order valence-corrected chi connectivity index (χ2v) is 5.28. The SMILES string of the molecule is CCCCc1ccc(NCc2ccccc2CC)cc1. The van der Waals surface area contributed by atoms with Gasteiger partial charge in [-0.05, 0) is 48.1 Å². The highest BCUT2D eigenvalue weighted by Gasteiger charge is 2.00. The normalized spacial score (nSPS) is 10.5. The third kappa shape index (κ3) is 4.12. The van der Waals surface area contributed by atoms with Crippen LogP contribution in [0.1, 0.15) is 43.4 Å². The maximum Gasteiger partial charge on any atom is 0.0403 e. The molecule has 0 bridgehead atoms. The van der Waals surface area contributed by atoms with Gasteiger partial charge in [0.1, 0.15) is 0 Å². The van der Waals surface area contributed by atoms with Crippen LogP contribution in [-0.2, 0) is 19.4 Å². The van der Waals surface area contributed by atoms with Crippen LogP contribution in [0.4, 0.5) is 5.69 Å². The molecule has 2 rings (SSSR count). The Labute approximate surface area is 123 Å². The van der Waals surface area contributed by atoms with Gasteiger partial charge in [0.05, 0.1) is 0 Å². The van der Waals surface area contributed by atoms with Crippen molar-refractivity contribution in [2.45, 2.75) is 46.1 Å². The Morgan fingerprint density at radius 3 is 2.20 bits per heavy atom. The third-order valence-corrected chi connectivity index (χ3v) is 3.76. The van der Waals surface area contributed by atoms with Gasteiger partial charge in [-0.2, -0.15) is 0 Å². The molecule has 0 heterocycles. The second-order valence-electron chi connectivity index (χ2n) is 5.28. The van der Waals surface area contributed by atoms with Gasteiger partial charge in [-0.1, -0.05) is 56.7 Å². The van der Waals surface area contributed by atoms with Crippen molar-refractivity contribution in [3.63, 3.8) is 0 Å². The van der Waals surface area contributed by atoms with E-state index in [0.717, 1.165) is 13.0 Å². The number of rotatable bonds is 7. The van der Waals surface area contributed by atoms with Crippen molar-refractivity contribution in [3.8, 4) is 0 Å². The Morgan fingerprint density at radius 2 is 1.55 bits per heavy atom. The first-order chi connectivity index (χ1) is 9.83. The lowest BCUT2D eigenvalue weighted by Gasteiger charge is -2.11. The number of hydrogen-bond donors (Lipinski definition) is 1. The molecule has 0 aliphatic rings. The van der Waals surface area contributed by atoms with Crippen molar-refractivity contribution in [2.24, 2.45) is 0 Å². The van der Waals surface area contributed by atoms with Gasteiger partial charge < -0.3 is 5.32 Å². The first-order valence-electron chi connectivity index (χ1n) is 7.73. The van der Waals surface area contributed by atoms with Gasteiger partial charge in [-0.25, -0.2) is 0 Å². The molecule has 2 aromatic rings. The zero-order chi connectivity index (χ0) is 14.2. The predicted octanol–water partition coefficient (Wildman–Crippen LogP) is 5.20. The third-order valence-electron chi connectivity index (χ3n) is 3.76. The van der Waals surface area contributed by atoms with E-state index in [1.165, 1.54) is 41.6 Å². The summed E-state index contributed by atoms with van der Waals surface area (Å²) in [5.74, 6) is 0. The maximum atomic E-state index is 3.52.